The Balaban J connectivity index is 2.12. The minimum absolute atomic E-state index is 0.156. The minimum Gasteiger partial charge on any atom is -0.497 e. The van der Waals surface area contributed by atoms with E-state index in [9.17, 15) is 9.90 Å². The van der Waals surface area contributed by atoms with Gasteiger partial charge in [0.05, 0.1) is 18.4 Å². The molecule has 3 rings (SSSR count). The van der Waals surface area contributed by atoms with Crippen LogP contribution in [0.15, 0.2) is 90.6 Å². The summed E-state index contributed by atoms with van der Waals surface area (Å²) >= 11 is 0. The molecule has 27 heavy (non-hydrogen) atoms. The second-order valence-corrected chi connectivity index (χ2v) is 5.81. The van der Waals surface area contributed by atoms with Gasteiger partial charge in [0.15, 0.2) is 0 Å². The summed E-state index contributed by atoms with van der Waals surface area (Å²) in [5.41, 5.74) is 3.38. The Kier molecular flexibility index (Phi) is 5.80. The minimum atomic E-state index is -1.01. The van der Waals surface area contributed by atoms with Crippen molar-refractivity contribution in [2.45, 2.75) is 0 Å². The number of benzene rings is 2. The summed E-state index contributed by atoms with van der Waals surface area (Å²) in [5.74, 6) is -0.267. The van der Waals surface area contributed by atoms with E-state index in [1.54, 1.807) is 37.6 Å². The zero-order chi connectivity index (χ0) is 19.1. The number of pyridine rings is 1. The van der Waals surface area contributed by atoms with Crippen LogP contribution in [0.1, 0.15) is 16.8 Å². The van der Waals surface area contributed by atoms with Crippen molar-refractivity contribution in [3.63, 3.8) is 0 Å². The van der Waals surface area contributed by atoms with E-state index < -0.39 is 5.97 Å². The highest BCUT2D eigenvalue weighted by atomic mass is 16.5. The molecule has 1 heterocycles. The SMILES string of the molecule is COc1ccc(/C(=C\C(=C/c2ccccn2)C(=O)O)c2ccccc2)cc1. The van der Waals surface area contributed by atoms with E-state index in [-0.39, 0.29) is 5.57 Å². The van der Waals surface area contributed by atoms with Crippen molar-refractivity contribution in [3.8, 4) is 5.75 Å². The Labute approximate surface area is 158 Å². The van der Waals surface area contributed by atoms with Crippen molar-refractivity contribution >= 4 is 17.6 Å². The molecule has 1 N–H and O–H groups in total. The molecule has 0 fully saturated rings. The van der Waals surface area contributed by atoms with Crippen LogP contribution in [0, 0.1) is 0 Å². The van der Waals surface area contributed by atoms with Crippen molar-refractivity contribution < 1.29 is 14.6 Å². The highest BCUT2D eigenvalue weighted by Crippen LogP contribution is 2.27. The Morgan fingerprint density at radius 2 is 1.59 bits per heavy atom. The third kappa shape index (κ3) is 4.70. The Morgan fingerprint density at radius 3 is 2.19 bits per heavy atom. The van der Waals surface area contributed by atoms with Gasteiger partial charge in [0.1, 0.15) is 5.75 Å². The topological polar surface area (TPSA) is 59.4 Å². The van der Waals surface area contributed by atoms with Crippen molar-refractivity contribution in [2.24, 2.45) is 0 Å². The molecule has 0 bridgehead atoms. The lowest BCUT2D eigenvalue weighted by atomic mass is 9.95. The van der Waals surface area contributed by atoms with Crippen LogP contribution < -0.4 is 4.74 Å². The van der Waals surface area contributed by atoms with Crippen molar-refractivity contribution in [1.29, 1.82) is 0 Å². The number of carboxylic acid groups (broad SMARTS) is 1. The van der Waals surface area contributed by atoms with Crippen LogP contribution in [0.4, 0.5) is 0 Å². The zero-order valence-electron chi connectivity index (χ0n) is 14.9. The van der Waals surface area contributed by atoms with Gasteiger partial charge in [-0.2, -0.15) is 0 Å². The molecule has 0 aliphatic heterocycles. The van der Waals surface area contributed by atoms with Gasteiger partial charge in [-0.25, -0.2) is 4.79 Å². The van der Waals surface area contributed by atoms with Crippen LogP contribution in [0.5, 0.6) is 5.75 Å². The highest BCUT2D eigenvalue weighted by molar-refractivity contribution is 5.99. The van der Waals surface area contributed by atoms with Crippen molar-refractivity contribution in [3.05, 3.63) is 107 Å². The lowest BCUT2D eigenvalue weighted by molar-refractivity contribution is -0.132. The van der Waals surface area contributed by atoms with Gasteiger partial charge in [-0.3, -0.25) is 4.98 Å². The molecular weight excluding hydrogens is 338 g/mol. The van der Waals surface area contributed by atoms with Crippen LogP contribution in [0.2, 0.25) is 0 Å². The van der Waals surface area contributed by atoms with Crippen molar-refractivity contribution in [1.82, 2.24) is 4.98 Å². The van der Waals surface area contributed by atoms with Gasteiger partial charge in [0.2, 0.25) is 0 Å². The molecule has 0 aliphatic carbocycles. The fourth-order valence-corrected chi connectivity index (χ4v) is 2.66. The Hall–Kier alpha value is -3.66. The molecule has 1 aromatic heterocycles. The molecule has 2 aromatic carbocycles. The Morgan fingerprint density at radius 1 is 0.926 bits per heavy atom. The standard InChI is InChI=1S/C23H19NO3/c1-27-21-12-10-18(11-13-21)22(17-7-3-2-4-8-17)16-19(23(25)26)15-20-9-5-6-14-24-20/h2-16H,1H3,(H,25,26)/b19-15+,22-16-. The maximum atomic E-state index is 11.8. The lowest BCUT2D eigenvalue weighted by Crippen LogP contribution is -2.00. The predicted octanol–water partition coefficient (Wildman–Crippen LogP) is 4.69. The lowest BCUT2D eigenvalue weighted by Gasteiger charge is -2.10. The Bertz CT molecular complexity index is 960. The first-order valence-electron chi connectivity index (χ1n) is 8.45. The fourth-order valence-electron chi connectivity index (χ4n) is 2.66. The summed E-state index contributed by atoms with van der Waals surface area (Å²) in [6.45, 7) is 0. The van der Waals surface area contributed by atoms with E-state index >= 15 is 0 Å². The molecule has 3 aromatic rings. The van der Waals surface area contributed by atoms with E-state index in [0.717, 1.165) is 22.4 Å². The number of ether oxygens (including phenoxy) is 1. The molecule has 0 spiro atoms. The summed E-state index contributed by atoms with van der Waals surface area (Å²) in [5, 5.41) is 9.70. The average Bonchev–Trinajstić information content (AvgIpc) is 2.72. The number of aromatic nitrogens is 1. The van der Waals surface area contributed by atoms with Gasteiger partial charge in [0, 0.05) is 6.20 Å². The van der Waals surface area contributed by atoms with Gasteiger partial charge in [-0.15, -0.1) is 0 Å². The number of carboxylic acids is 1. The second kappa shape index (κ2) is 8.63. The number of rotatable bonds is 6. The van der Waals surface area contributed by atoms with E-state index in [2.05, 4.69) is 4.98 Å². The third-order valence-corrected chi connectivity index (χ3v) is 4.02. The van der Waals surface area contributed by atoms with Gasteiger partial charge in [0.25, 0.3) is 0 Å². The molecular formula is C23H19NO3. The molecule has 0 saturated carbocycles. The highest BCUT2D eigenvalue weighted by Gasteiger charge is 2.11. The number of carbonyl (C=O) groups is 1. The zero-order valence-corrected chi connectivity index (χ0v) is 14.9. The third-order valence-electron chi connectivity index (χ3n) is 4.02. The first kappa shape index (κ1) is 18.1. The number of hydrogen-bond acceptors (Lipinski definition) is 3. The molecule has 134 valence electrons. The smallest absolute Gasteiger partial charge is 0.335 e. The van der Waals surface area contributed by atoms with E-state index in [1.807, 2.05) is 60.7 Å². The molecule has 0 saturated heterocycles. The monoisotopic (exact) mass is 357 g/mol. The maximum Gasteiger partial charge on any atom is 0.335 e. The van der Waals surface area contributed by atoms with E-state index in [0.29, 0.717) is 5.69 Å². The largest absolute Gasteiger partial charge is 0.497 e. The molecule has 4 nitrogen and oxygen atoms in total. The van der Waals surface area contributed by atoms with Gasteiger partial charge in [-0.05, 0) is 53.1 Å². The molecule has 0 amide bonds. The number of methoxy groups -OCH3 is 1. The first-order valence-corrected chi connectivity index (χ1v) is 8.45. The predicted molar refractivity (Wildman–Crippen MR) is 106 cm³/mol. The molecule has 0 unspecified atom stereocenters. The number of aliphatic carboxylic acids is 1. The summed E-state index contributed by atoms with van der Waals surface area (Å²) < 4.78 is 5.22. The summed E-state index contributed by atoms with van der Waals surface area (Å²) in [7, 11) is 1.61. The molecule has 0 radical (unpaired) electrons. The van der Waals surface area contributed by atoms with Gasteiger partial charge >= 0.3 is 5.97 Å². The van der Waals surface area contributed by atoms with E-state index in [4.69, 9.17) is 4.74 Å². The summed E-state index contributed by atoms with van der Waals surface area (Å²) in [6.07, 6.45) is 4.87. The van der Waals surface area contributed by atoms with Gasteiger partial charge in [-0.1, -0.05) is 48.5 Å². The molecule has 0 atom stereocenters. The second-order valence-electron chi connectivity index (χ2n) is 5.81. The van der Waals surface area contributed by atoms with Crippen LogP contribution in [-0.2, 0) is 4.79 Å². The quantitative estimate of drug-likeness (QED) is 0.514. The van der Waals surface area contributed by atoms with Crippen LogP contribution in [-0.4, -0.2) is 23.2 Å². The summed E-state index contributed by atoms with van der Waals surface area (Å²) in [6, 6.07) is 22.6. The average molecular weight is 357 g/mol. The van der Waals surface area contributed by atoms with Crippen LogP contribution in [0.25, 0.3) is 11.6 Å². The maximum absolute atomic E-state index is 11.8. The number of nitrogens with zero attached hydrogens (tertiary/aromatic N) is 1. The molecule has 4 heteroatoms. The van der Waals surface area contributed by atoms with Gasteiger partial charge < -0.3 is 9.84 Å². The van der Waals surface area contributed by atoms with Crippen LogP contribution >= 0.6 is 0 Å². The van der Waals surface area contributed by atoms with Crippen molar-refractivity contribution in [2.75, 3.05) is 7.11 Å². The summed E-state index contributed by atoms with van der Waals surface area (Å²) in [4.78, 5) is 16.0. The first-order chi connectivity index (χ1) is 13.2. The molecule has 0 aliphatic rings. The number of hydrogen-bond donors (Lipinski definition) is 1. The fraction of sp³-hybridized carbons (Fsp3) is 0.0435. The van der Waals surface area contributed by atoms with Crippen LogP contribution in [0.3, 0.4) is 0 Å². The van der Waals surface area contributed by atoms with E-state index in [1.165, 1.54) is 0 Å². The normalized spacial score (nSPS) is 11.9.